The summed E-state index contributed by atoms with van der Waals surface area (Å²) in [6, 6.07) is 5.76. The molecule has 0 aliphatic carbocycles. The summed E-state index contributed by atoms with van der Waals surface area (Å²) < 4.78 is 8.54. The van der Waals surface area contributed by atoms with E-state index in [-0.39, 0.29) is 29.8 Å². The Balaban J connectivity index is 1.25. The minimum absolute atomic E-state index is 0.00256. The second-order valence-electron chi connectivity index (χ2n) is 8.94. The van der Waals surface area contributed by atoms with Crippen LogP contribution in [-0.2, 0) is 9.59 Å². The van der Waals surface area contributed by atoms with E-state index >= 15 is 0 Å². The van der Waals surface area contributed by atoms with E-state index in [0.29, 0.717) is 42.9 Å². The van der Waals surface area contributed by atoms with Crippen LogP contribution in [0.15, 0.2) is 18.2 Å². The van der Waals surface area contributed by atoms with Gasteiger partial charge in [0.15, 0.2) is 0 Å². The van der Waals surface area contributed by atoms with Gasteiger partial charge in [0, 0.05) is 51.6 Å². The van der Waals surface area contributed by atoms with Crippen LogP contribution < -0.4 is 0 Å². The molecule has 3 amide bonds. The molecule has 0 N–H and O–H groups in total. The van der Waals surface area contributed by atoms with Crippen molar-refractivity contribution in [3.63, 3.8) is 0 Å². The number of benzene rings is 1. The van der Waals surface area contributed by atoms with E-state index < -0.39 is 0 Å². The molecule has 0 saturated carbocycles. The van der Waals surface area contributed by atoms with E-state index in [1.165, 1.54) is 0 Å². The Bertz CT molecular complexity index is 1020. The van der Waals surface area contributed by atoms with Crippen molar-refractivity contribution in [3.05, 3.63) is 23.8 Å². The fraction of sp³-hybridized carbons (Fsp3) is 0.591. The molecule has 8 nitrogen and oxygen atoms in total. The maximum atomic E-state index is 13.2. The van der Waals surface area contributed by atoms with Gasteiger partial charge in [0.2, 0.25) is 11.8 Å². The van der Waals surface area contributed by atoms with Gasteiger partial charge in [-0.3, -0.25) is 14.4 Å². The lowest BCUT2D eigenvalue weighted by molar-refractivity contribution is -0.134. The summed E-state index contributed by atoms with van der Waals surface area (Å²) in [4.78, 5) is 43.7. The second-order valence-corrected chi connectivity index (χ2v) is 9.46. The van der Waals surface area contributed by atoms with Crippen LogP contribution in [-0.4, -0.2) is 79.9 Å². The summed E-state index contributed by atoms with van der Waals surface area (Å²) in [5, 5.41) is 0. The zero-order chi connectivity index (χ0) is 21.5. The average Bonchev–Trinajstić information content (AvgIpc) is 3.56. The number of aromatic nitrogens is 2. The lowest BCUT2D eigenvalue weighted by atomic mass is 9.96. The molecule has 1 aromatic heterocycles. The molecule has 1 aromatic carbocycles. The second kappa shape index (κ2) is 8.18. The van der Waals surface area contributed by atoms with Crippen LogP contribution in [0.3, 0.4) is 0 Å². The summed E-state index contributed by atoms with van der Waals surface area (Å²) >= 11 is 1.13. The standard InChI is InChI=1S/C22H27N5O3S/c1-25-15(7-8-19(25)28)12-20(29)27-10-3-6-18(27)14-9-11-26(13-14)22(30)16-4-2-5-17-21(16)24-31-23-17/h2,4-5,14-15,18H,3,6-13H2,1H3. The highest BCUT2D eigenvalue weighted by Gasteiger charge is 2.40. The number of hydrogen-bond acceptors (Lipinski definition) is 6. The first-order chi connectivity index (χ1) is 15.0. The van der Waals surface area contributed by atoms with Crippen molar-refractivity contribution in [1.82, 2.24) is 23.4 Å². The van der Waals surface area contributed by atoms with Crippen molar-refractivity contribution >= 4 is 40.5 Å². The predicted molar refractivity (Wildman–Crippen MR) is 117 cm³/mol. The first kappa shape index (κ1) is 20.4. The Morgan fingerprint density at radius 1 is 1.16 bits per heavy atom. The lowest BCUT2D eigenvalue weighted by Gasteiger charge is -2.31. The van der Waals surface area contributed by atoms with Crippen molar-refractivity contribution in [3.8, 4) is 0 Å². The normalized spacial score (nSPS) is 26.4. The van der Waals surface area contributed by atoms with Crippen LogP contribution in [0.5, 0.6) is 0 Å². The van der Waals surface area contributed by atoms with Gasteiger partial charge < -0.3 is 14.7 Å². The number of hydrogen-bond donors (Lipinski definition) is 0. The maximum absolute atomic E-state index is 13.2. The van der Waals surface area contributed by atoms with E-state index in [2.05, 4.69) is 8.75 Å². The number of carbonyl (C=O) groups is 3. The molecular weight excluding hydrogens is 414 g/mol. The van der Waals surface area contributed by atoms with Crippen molar-refractivity contribution in [1.29, 1.82) is 0 Å². The van der Waals surface area contributed by atoms with Crippen LogP contribution in [0, 0.1) is 5.92 Å². The molecule has 164 valence electrons. The summed E-state index contributed by atoms with van der Waals surface area (Å²) in [5.41, 5.74) is 2.04. The summed E-state index contributed by atoms with van der Waals surface area (Å²) in [7, 11) is 1.80. The topological polar surface area (TPSA) is 86.7 Å². The van der Waals surface area contributed by atoms with Crippen LogP contribution in [0.2, 0.25) is 0 Å². The number of fused-ring (bicyclic) bond motifs is 1. The van der Waals surface area contributed by atoms with E-state index in [0.717, 1.165) is 49.5 Å². The summed E-state index contributed by atoms with van der Waals surface area (Å²) in [6.07, 6.45) is 4.62. The first-order valence-corrected chi connectivity index (χ1v) is 11.8. The lowest BCUT2D eigenvalue weighted by Crippen LogP contribution is -2.43. The van der Waals surface area contributed by atoms with Gasteiger partial charge >= 0.3 is 0 Å². The molecule has 3 aliphatic rings. The quantitative estimate of drug-likeness (QED) is 0.726. The number of carbonyl (C=O) groups excluding carboxylic acids is 3. The fourth-order valence-corrected chi connectivity index (χ4v) is 6.00. The van der Waals surface area contributed by atoms with Crippen molar-refractivity contribution in [2.75, 3.05) is 26.7 Å². The number of amides is 3. The third-order valence-electron chi connectivity index (χ3n) is 7.23. The molecular formula is C22H27N5O3S. The largest absolute Gasteiger partial charge is 0.342 e. The molecule has 0 spiro atoms. The molecule has 0 radical (unpaired) electrons. The fourth-order valence-electron chi connectivity index (χ4n) is 5.45. The van der Waals surface area contributed by atoms with Crippen LogP contribution >= 0.6 is 11.7 Å². The molecule has 3 unspecified atom stereocenters. The van der Waals surface area contributed by atoms with Gasteiger partial charge in [-0.05, 0) is 43.7 Å². The molecule has 2 aromatic rings. The molecule has 3 aliphatic heterocycles. The average molecular weight is 442 g/mol. The SMILES string of the molecule is CN1C(=O)CCC1CC(=O)N1CCCC1C1CCN(C(=O)c2cccc3nsnc23)C1. The molecule has 3 fully saturated rings. The Morgan fingerprint density at radius 3 is 2.84 bits per heavy atom. The van der Waals surface area contributed by atoms with E-state index in [9.17, 15) is 14.4 Å². The number of nitrogens with zero attached hydrogens (tertiary/aromatic N) is 5. The number of likely N-dealkylation sites (tertiary alicyclic amines) is 3. The monoisotopic (exact) mass is 441 g/mol. The van der Waals surface area contributed by atoms with Crippen LogP contribution in [0.1, 0.15) is 48.9 Å². The highest BCUT2D eigenvalue weighted by atomic mass is 32.1. The molecule has 9 heteroatoms. The third-order valence-corrected chi connectivity index (χ3v) is 7.78. The third kappa shape index (κ3) is 3.69. The molecule has 5 rings (SSSR count). The Labute approximate surface area is 185 Å². The molecule has 31 heavy (non-hydrogen) atoms. The van der Waals surface area contributed by atoms with Crippen molar-refractivity contribution in [2.45, 2.75) is 50.6 Å². The minimum atomic E-state index is 0.00256. The van der Waals surface area contributed by atoms with E-state index in [1.807, 2.05) is 28.0 Å². The predicted octanol–water partition coefficient (Wildman–Crippen LogP) is 2.16. The highest BCUT2D eigenvalue weighted by Crippen LogP contribution is 2.33. The smallest absolute Gasteiger partial charge is 0.256 e. The van der Waals surface area contributed by atoms with Gasteiger partial charge in [-0.25, -0.2) is 0 Å². The van der Waals surface area contributed by atoms with Gasteiger partial charge in [0.25, 0.3) is 5.91 Å². The first-order valence-electron chi connectivity index (χ1n) is 11.1. The Morgan fingerprint density at radius 2 is 2.03 bits per heavy atom. The zero-order valence-corrected chi connectivity index (χ0v) is 18.5. The van der Waals surface area contributed by atoms with Gasteiger partial charge in [0.05, 0.1) is 17.3 Å². The van der Waals surface area contributed by atoms with E-state index in [4.69, 9.17) is 0 Å². The molecule has 4 heterocycles. The van der Waals surface area contributed by atoms with Gasteiger partial charge in [-0.2, -0.15) is 8.75 Å². The van der Waals surface area contributed by atoms with E-state index in [1.54, 1.807) is 11.9 Å². The maximum Gasteiger partial charge on any atom is 0.256 e. The highest BCUT2D eigenvalue weighted by molar-refractivity contribution is 7.00. The summed E-state index contributed by atoms with van der Waals surface area (Å²) in [6.45, 7) is 2.15. The van der Waals surface area contributed by atoms with Gasteiger partial charge in [-0.1, -0.05) is 6.07 Å². The van der Waals surface area contributed by atoms with Gasteiger partial charge in [0.1, 0.15) is 11.0 Å². The summed E-state index contributed by atoms with van der Waals surface area (Å²) in [5.74, 6) is 0.581. The van der Waals surface area contributed by atoms with Crippen molar-refractivity contribution < 1.29 is 14.4 Å². The molecule has 0 bridgehead atoms. The van der Waals surface area contributed by atoms with Crippen LogP contribution in [0.4, 0.5) is 0 Å². The van der Waals surface area contributed by atoms with Crippen LogP contribution in [0.25, 0.3) is 11.0 Å². The Hall–Kier alpha value is -2.55. The zero-order valence-electron chi connectivity index (χ0n) is 17.7. The van der Waals surface area contributed by atoms with Gasteiger partial charge in [-0.15, -0.1) is 0 Å². The van der Waals surface area contributed by atoms with Crippen molar-refractivity contribution in [2.24, 2.45) is 5.92 Å². The minimum Gasteiger partial charge on any atom is -0.342 e. The Kier molecular flexibility index (Phi) is 5.37. The molecule has 3 saturated heterocycles. The molecule has 3 atom stereocenters. The number of rotatable bonds is 4.